The summed E-state index contributed by atoms with van der Waals surface area (Å²) >= 11 is 0. The van der Waals surface area contributed by atoms with Gasteiger partial charge in [0.2, 0.25) is 0 Å². The number of carbonyl (C=O) groups is 1. The monoisotopic (exact) mass is 471 g/mol. The maximum Gasteiger partial charge on any atom is 0.339 e. The normalized spacial score (nSPS) is 14.1. The Morgan fingerprint density at radius 1 is 0.914 bits per heavy atom. The molecule has 6 heteroatoms. The number of allylic oxidation sites excluding steroid dienone is 1. The van der Waals surface area contributed by atoms with Crippen LogP contribution in [0, 0.1) is 11.6 Å². The minimum atomic E-state index is -0.464. The Labute approximate surface area is 201 Å². The zero-order valence-electron chi connectivity index (χ0n) is 19.0. The number of ether oxygens (including phenoxy) is 2. The molecular formula is C29H23F2NO3. The summed E-state index contributed by atoms with van der Waals surface area (Å²) in [6, 6.07) is 19.9. The number of aromatic nitrogens is 1. The number of halogens is 2. The predicted octanol–water partition coefficient (Wildman–Crippen LogP) is 6.63. The lowest BCUT2D eigenvalue weighted by molar-refractivity contribution is 0.0449. The fourth-order valence-corrected chi connectivity index (χ4v) is 4.39. The van der Waals surface area contributed by atoms with Crippen molar-refractivity contribution in [3.05, 3.63) is 107 Å². The first-order chi connectivity index (χ1) is 17.1. The van der Waals surface area contributed by atoms with E-state index in [0.29, 0.717) is 17.5 Å². The summed E-state index contributed by atoms with van der Waals surface area (Å²) in [6.07, 6.45) is 4.36. The van der Waals surface area contributed by atoms with Gasteiger partial charge in [0.05, 0.1) is 16.8 Å². The van der Waals surface area contributed by atoms with E-state index in [-0.39, 0.29) is 24.8 Å². The molecule has 0 atom stereocenters. The van der Waals surface area contributed by atoms with Gasteiger partial charge in [0.15, 0.2) is 11.6 Å². The van der Waals surface area contributed by atoms with Crippen LogP contribution in [0.3, 0.4) is 0 Å². The highest BCUT2D eigenvalue weighted by Crippen LogP contribution is 2.36. The van der Waals surface area contributed by atoms with Gasteiger partial charge in [-0.05, 0) is 72.4 Å². The zero-order chi connectivity index (χ0) is 24.2. The number of rotatable bonds is 6. The van der Waals surface area contributed by atoms with E-state index in [1.807, 2.05) is 30.3 Å². The highest BCUT2D eigenvalue weighted by molar-refractivity contribution is 6.06. The molecule has 0 saturated carbocycles. The molecule has 0 fully saturated rings. The molecule has 1 aromatic heterocycles. The molecule has 4 aromatic rings. The minimum Gasteiger partial charge on any atom is -0.487 e. The van der Waals surface area contributed by atoms with Gasteiger partial charge in [0.25, 0.3) is 0 Å². The number of carbonyl (C=O) groups excluding carboxylic acids is 1. The topological polar surface area (TPSA) is 48.4 Å². The van der Waals surface area contributed by atoms with Crippen molar-refractivity contribution in [2.24, 2.45) is 0 Å². The Morgan fingerprint density at radius 2 is 1.69 bits per heavy atom. The van der Waals surface area contributed by atoms with Crippen molar-refractivity contribution in [2.75, 3.05) is 13.2 Å². The molecule has 0 saturated heterocycles. The van der Waals surface area contributed by atoms with Gasteiger partial charge in [-0.2, -0.15) is 0 Å². The van der Waals surface area contributed by atoms with Gasteiger partial charge < -0.3 is 9.47 Å². The van der Waals surface area contributed by atoms with Crippen LogP contribution in [-0.4, -0.2) is 24.2 Å². The molecule has 1 heterocycles. The number of pyridine rings is 1. The van der Waals surface area contributed by atoms with Gasteiger partial charge in [-0.1, -0.05) is 42.5 Å². The van der Waals surface area contributed by atoms with E-state index in [4.69, 9.17) is 14.5 Å². The Kier molecular flexibility index (Phi) is 6.53. The van der Waals surface area contributed by atoms with Gasteiger partial charge in [0.1, 0.15) is 19.0 Å². The Bertz CT molecular complexity index is 1410. The second-order valence-electron chi connectivity index (χ2n) is 8.32. The molecule has 0 N–H and O–H groups in total. The summed E-state index contributed by atoms with van der Waals surface area (Å²) in [5, 5.41) is 0.731. The van der Waals surface area contributed by atoms with Crippen LogP contribution in [0.4, 0.5) is 8.78 Å². The number of esters is 1. The van der Waals surface area contributed by atoms with Gasteiger partial charge in [-0.15, -0.1) is 0 Å². The Morgan fingerprint density at radius 3 is 2.51 bits per heavy atom. The second-order valence-corrected chi connectivity index (χ2v) is 8.32. The Balaban J connectivity index is 1.44. The SMILES string of the molecule is O=C(OCCOc1ccccc1F)c1c2c(nc3ccccc13)C(=Cc1ccc(F)cc1)CCC2. The first-order valence-electron chi connectivity index (χ1n) is 11.5. The minimum absolute atomic E-state index is 0.0170. The largest absolute Gasteiger partial charge is 0.487 e. The first-order valence-corrected chi connectivity index (χ1v) is 11.5. The summed E-state index contributed by atoms with van der Waals surface area (Å²) < 4.78 is 38.1. The molecule has 1 aliphatic rings. The van der Waals surface area contributed by atoms with E-state index < -0.39 is 11.8 Å². The van der Waals surface area contributed by atoms with Crippen molar-refractivity contribution in [1.82, 2.24) is 4.98 Å². The lowest BCUT2D eigenvalue weighted by Gasteiger charge is -2.22. The smallest absolute Gasteiger partial charge is 0.339 e. The zero-order valence-corrected chi connectivity index (χ0v) is 19.0. The van der Waals surface area contributed by atoms with Crippen LogP contribution in [0.2, 0.25) is 0 Å². The highest BCUT2D eigenvalue weighted by atomic mass is 19.1. The van der Waals surface area contributed by atoms with Gasteiger partial charge >= 0.3 is 5.97 Å². The molecule has 0 aliphatic heterocycles. The fraction of sp³-hybridized carbons (Fsp3) is 0.172. The molecule has 0 bridgehead atoms. The summed E-state index contributed by atoms with van der Waals surface area (Å²) in [5.41, 5.74) is 4.70. The molecular weight excluding hydrogens is 448 g/mol. The number of benzene rings is 3. The van der Waals surface area contributed by atoms with Crippen molar-refractivity contribution in [3.63, 3.8) is 0 Å². The lowest BCUT2D eigenvalue weighted by atomic mass is 9.86. The van der Waals surface area contributed by atoms with Crippen molar-refractivity contribution in [1.29, 1.82) is 0 Å². The third-order valence-corrected chi connectivity index (χ3v) is 6.00. The third kappa shape index (κ3) is 4.92. The van der Waals surface area contributed by atoms with Gasteiger partial charge in [0, 0.05) is 5.39 Å². The lowest BCUT2D eigenvalue weighted by Crippen LogP contribution is -2.18. The van der Waals surface area contributed by atoms with Crippen LogP contribution < -0.4 is 4.74 Å². The second kappa shape index (κ2) is 10.1. The van der Waals surface area contributed by atoms with Crippen LogP contribution in [0.25, 0.3) is 22.6 Å². The average molecular weight is 472 g/mol. The van der Waals surface area contributed by atoms with Crippen molar-refractivity contribution >= 4 is 28.5 Å². The number of hydrogen-bond acceptors (Lipinski definition) is 4. The number of hydrogen-bond donors (Lipinski definition) is 0. The maximum absolute atomic E-state index is 13.8. The van der Waals surface area contributed by atoms with E-state index in [1.165, 1.54) is 24.3 Å². The molecule has 0 radical (unpaired) electrons. The van der Waals surface area contributed by atoms with E-state index in [2.05, 4.69) is 0 Å². The summed E-state index contributed by atoms with van der Waals surface area (Å²) in [6.45, 7) is 0.0183. The molecule has 0 amide bonds. The molecule has 0 spiro atoms. The van der Waals surface area contributed by atoms with Crippen molar-refractivity contribution in [2.45, 2.75) is 19.3 Å². The third-order valence-electron chi connectivity index (χ3n) is 6.00. The van der Waals surface area contributed by atoms with Crippen LogP contribution in [0.5, 0.6) is 5.75 Å². The highest BCUT2D eigenvalue weighted by Gasteiger charge is 2.26. The van der Waals surface area contributed by atoms with Gasteiger partial charge in [-0.25, -0.2) is 18.6 Å². The maximum atomic E-state index is 13.8. The summed E-state index contributed by atoms with van der Waals surface area (Å²) in [7, 11) is 0. The van der Waals surface area contributed by atoms with Crippen molar-refractivity contribution < 1.29 is 23.0 Å². The molecule has 3 aromatic carbocycles. The molecule has 176 valence electrons. The molecule has 1 aliphatic carbocycles. The van der Waals surface area contributed by atoms with E-state index in [9.17, 15) is 13.6 Å². The van der Waals surface area contributed by atoms with E-state index >= 15 is 0 Å². The number of fused-ring (bicyclic) bond motifs is 2. The van der Waals surface area contributed by atoms with E-state index in [1.54, 1.807) is 24.3 Å². The predicted molar refractivity (Wildman–Crippen MR) is 131 cm³/mol. The summed E-state index contributed by atoms with van der Waals surface area (Å²) in [4.78, 5) is 18.2. The number of nitrogens with zero attached hydrogens (tertiary/aromatic N) is 1. The molecule has 35 heavy (non-hydrogen) atoms. The molecule has 5 rings (SSSR count). The van der Waals surface area contributed by atoms with Crippen LogP contribution >= 0.6 is 0 Å². The quantitative estimate of drug-likeness (QED) is 0.234. The first kappa shape index (κ1) is 22.7. The van der Waals surface area contributed by atoms with Crippen LogP contribution in [0.15, 0.2) is 72.8 Å². The van der Waals surface area contributed by atoms with Crippen molar-refractivity contribution in [3.8, 4) is 5.75 Å². The van der Waals surface area contributed by atoms with Crippen LogP contribution in [-0.2, 0) is 11.2 Å². The standard InChI is InChI=1S/C29H23F2NO3/c30-21-14-12-19(13-15-21)18-20-6-5-8-23-27(22-7-1-3-10-25(22)32-28(20)23)29(33)35-17-16-34-26-11-4-2-9-24(26)31/h1-4,7,9-15,18H,5-6,8,16-17H2. The Hall–Kier alpha value is -4.06. The van der Waals surface area contributed by atoms with Crippen LogP contribution in [0.1, 0.15) is 40.0 Å². The average Bonchev–Trinajstić information content (AvgIpc) is 2.87. The number of para-hydroxylation sites is 2. The molecule has 4 nitrogen and oxygen atoms in total. The fourth-order valence-electron chi connectivity index (χ4n) is 4.39. The summed E-state index contributed by atoms with van der Waals surface area (Å²) in [5.74, 6) is -1.09. The molecule has 0 unspecified atom stereocenters. The van der Waals surface area contributed by atoms with Gasteiger partial charge in [-0.3, -0.25) is 0 Å². The van der Waals surface area contributed by atoms with E-state index in [0.717, 1.165) is 40.6 Å².